The van der Waals surface area contributed by atoms with E-state index in [0.717, 1.165) is 64.2 Å². The monoisotopic (exact) mass is 1220 g/mol. The number of esters is 1. The lowest BCUT2D eigenvalue weighted by molar-refractivity contribution is -0.305. The molecule has 1 rings (SSSR count). The largest absolute Gasteiger partial charge is 0.454 e. The highest BCUT2D eigenvalue weighted by molar-refractivity contribution is 5.80. The summed E-state index contributed by atoms with van der Waals surface area (Å²) in [6, 6.07) is -1.02. The minimum atomic E-state index is -1.61. The van der Waals surface area contributed by atoms with Crippen LogP contribution in [0, 0.1) is 0 Å². The van der Waals surface area contributed by atoms with Crippen LogP contribution in [0.2, 0.25) is 0 Å². The Morgan fingerprint density at radius 3 is 1.21 bits per heavy atom. The molecule has 0 aliphatic carbocycles. The fourth-order valence-corrected chi connectivity index (χ4v) is 11.9. The Hall–Kier alpha value is -2.12. The Bertz CT molecular complexity index is 1540. The van der Waals surface area contributed by atoms with Crippen LogP contribution in [0.5, 0.6) is 0 Å². The van der Waals surface area contributed by atoms with Gasteiger partial charge < -0.3 is 45.1 Å². The second kappa shape index (κ2) is 63.0. The fourth-order valence-electron chi connectivity index (χ4n) is 11.9. The predicted octanol–water partition coefficient (Wildman–Crippen LogP) is 19.4. The molecule has 0 aromatic rings. The number of nitrogens with one attached hydrogen (secondary N) is 1. The van der Waals surface area contributed by atoms with Gasteiger partial charge in [-0.3, -0.25) is 9.59 Å². The number of amides is 1. The number of carbonyl (C=O) groups excluding carboxylic acids is 2. The van der Waals surface area contributed by atoms with Gasteiger partial charge in [-0.1, -0.05) is 340 Å². The number of allylic oxidation sites excluding steroid dienone is 5. The number of rotatable bonds is 65. The minimum Gasteiger partial charge on any atom is -0.454 e. The number of unbranched alkanes of at least 4 members (excludes halogenated alkanes) is 47. The highest BCUT2D eigenvalue weighted by atomic mass is 16.7. The smallest absolute Gasteiger partial charge is 0.306 e. The number of hydrogen-bond acceptors (Lipinski definition) is 10. The molecule has 1 amide bonds. The standard InChI is InChI=1S/C75H141NO10/c1-4-7-10-13-16-19-22-25-27-29-31-33-34-35-37-38-40-42-44-47-50-53-56-59-62-68(79)74(83)76-66(67(78)61-58-55-52-49-46-24-21-18-15-12-9-6-3)65-84-75-73(72(82)71(81)69(64-77)85-75)86-70(80)63-60-57-54-51-48-45-43-41-39-36-32-30-28-26-23-20-17-14-11-8-5-2/h16,19,25,27,58,61,66-69,71-73,75,77-79,81-82H,4-15,17-18,20-24,26,28-57,59-60,62-65H2,1-3H3,(H,76,83)/b19-16-,27-25-,61-58+. The quantitative estimate of drug-likeness (QED) is 0.0195. The van der Waals surface area contributed by atoms with Crippen molar-refractivity contribution in [1.82, 2.24) is 5.32 Å². The van der Waals surface area contributed by atoms with Crippen LogP contribution < -0.4 is 5.32 Å². The second-order valence-electron chi connectivity index (χ2n) is 26.0. The summed E-state index contributed by atoms with van der Waals surface area (Å²) < 4.78 is 17.7. The molecule has 0 spiro atoms. The van der Waals surface area contributed by atoms with E-state index in [0.29, 0.717) is 19.3 Å². The van der Waals surface area contributed by atoms with Crippen LogP contribution in [-0.4, -0.2) is 99.6 Å². The van der Waals surface area contributed by atoms with Crippen LogP contribution in [0.3, 0.4) is 0 Å². The van der Waals surface area contributed by atoms with E-state index in [1.165, 1.54) is 257 Å². The molecule has 6 N–H and O–H groups in total. The first-order valence-corrected chi connectivity index (χ1v) is 37.3. The normalized spacial score (nSPS) is 18.4. The fraction of sp³-hybridized carbons (Fsp3) is 0.893. The summed E-state index contributed by atoms with van der Waals surface area (Å²) in [6.45, 7) is 5.83. The minimum absolute atomic E-state index is 0.130. The summed E-state index contributed by atoms with van der Waals surface area (Å²) in [5.41, 5.74) is 0. The topological polar surface area (TPSA) is 175 Å². The van der Waals surface area contributed by atoms with Gasteiger partial charge in [-0.05, 0) is 57.8 Å². The van der Waals surface area contributed by atoms with E-state index in [1.54, 1.807) is 6.08 Å². The molecule has 1 saturated heterocycles. The van der Waals surface area contributed by atoms with Crippen LogP contribution in [-0.2, 0) is 23.8 Å². The number of hydrogen-bond donors (Lipinski definition) is 6. The van der Waals surface area contributed by atoms with Crippen molar-refractivity contribution < 1.29 is 49.3 Å². The predicted molar refractivity (Wildman–Crippen MR) is 361 cm³/mol. The summed E-state index contributed by atoms with van der Waals surface area (Å²) in [4.78, 5) is 26.7. The Kier molecular flexibility index (Phi) is 60.0. The summed E-state index contributed by atoms with van der Waals surface area (Å²) >= 11 is 0. The Labute approximate surface area is 530 Å². The van der Waals surface area contributed by atoms with Crippen LogP contribution >= 0.6 is 0 Å². The maximum Gasteiger partial charge on any atom is 0.306 e. The van der Waals surface area contributed by atoms with E-state index in [9.17, 15) is 35.1 Å². The molecule has 1 heterocycles. The van der Waals surface area contributed by atoms with E-state index >= 15 is 0 Å². The Morgan fingerprint density at radius 2 is 0.802 bits per heavy atom. The molecule has 8 unspecified atom stereocenters. The maximum atomic E-state index is 13.5. The first-order chi connectivity index (χ1) is 42.2. The molecule has 86 heavy (non-hydrogen) atoms. The lowest BCUT2D eigenvalue weighted by Gasteiger charge is -2.41. The zero-order valence-electron chi connectivity index (χ0n) is 56.5. The highest BCUT2D eigenvalue weighted by Crippen LogP contribution is 2.27. The summed E-state index contributed by atoms with van der Waals surface area (Å²) in [6.07, 6.45) is 67.6. The van der Waals surface area contributed by atoms with Gasteiger partial charge in [-0.2, -0.15) is 0 Å². The summed E-state index contributed by atoms with van der Waals surface area (Å²) in [7, 11) is 0. The molecule has 1 aliphatic rings. The van der Waals surface area contributed by atoms with Crippen LogP contribution in [0.25, 0.3) is 0 Å². The van der Waals surface area contributed by atoms with Gasteiger partial charge in [-0.15, -0.1) is 0 Å². The van der Waals surface area contributed by atoms with E-state index in [2.05, 4.69) is 50.4 Å². The number of aliphatic hydroxyl groups excluding tert-OH is 5. The van der Waals surface area contributed by atoms with Crippen molar-refractivity contribution >= 4 is 11.9 Å². The molecule has 0 bridgehead atoms. The number of ether oxygens (including phenoxy) is 3. The highest BCUT2D eigenvalue weighted by Gasteiger charge is 2.47. The van der Waals surface area contributed by atoms with Gasteiger partial charge in [0.2, 0.25) is 5.91 Å². The van der Waals surface area contributed by atoms with E-state index < -0.39 is 67.4 Å². The first-order valence-electron chi connectivity index (χ1n) is 37.3. The van der Waals surface area contributed by atoms with Crippen LogP contribution in [0.15, 0.2) is 36.5 Å². The van der Waals surface area contributed by atoms with Gasteiger partial charge in [0.25, 0.3) is 0 Å². The molecule has 1 fully saturated rings. The van der Waals surface area contributed by atoms with Gasteiger partial charge in [0, 0.05) is 6.42 Å². The molecule has 11 nitrogen and oxygen atoms in total. The van der Waals surface area contributed by atoms with Gasteiger partial charge in [0.15, 0.2) is 12.4 Å². The van der Waals surface area contributed by atoms with Crippen molar-refractivity contribution in [3.8, 4) is 0 Å². The Balaban J connectivity index is 2.53. The van der Waals surface area contributed by atoms with Gasteiger partial charge in [0.1, 0.15) is 24.4 Å². The van der Waals surface area contributed by atoms with Crippen molar-refractivity contribution in [2.75, 3.05) is 13.2 Å². The maximum absolute atomic E-state index is 13.5. The van der Waals surface area contributed by atoms with Crippen molar-refractivity contribution in [1.29, 1.82) is 0 Å². The van der Waals surface area contributed by atoms with Crippen molar-refractivity contribution in [3.05, 3.63) is 36.5 Å². The van der Waals surface area contributed by atoms with Gasteiger partial charge in [0.05, 0.1) is 25.4 Å². The molecule has 0 radical (unpaired) electrons. The molecule has 11 heteroatoms. The van der Waals surface area contributed by atoms with Crippen molar-refractivity contribution in [3.63, 3.8) is 0 Å². The van der Waals surface area contributed by atoms with Crippen LogP contribution in [0.1, 0.15) is 367 Å². The van der Waals surface area contributed by atoms with Crippen molar-refractivity contribution in [2.24, 2.45) is 0 Å². The third kappa shape index (κ3) is 49.6. The van der Waals surface area contributed by atoms with E-state index in [1.807, 2.05) is 6.08 Å². The number of carbonyl (C=O) groups is 2. The lowest BCUT2D eigenvalue weighted by atomic mass is 9.99. The molecule has 0 aromatic heterocycles. The summed E-state index contributed by atoms with van der Waals surface area (Å²) in [5, 5.41) is 57.3. The van der Waals surface area contributed by atoms with E-state index in [-0.39, 0.29) is 13.0 Å². The molecular formula is C75H141NO10. The molecular weight excluding hydrogens is 1070 g/mol. The second-order valence-corrected chi connectivity index (χ2v) is 26.0. The molecule has 1 aliphatic heterocycles. The average molecular weight is 1220 g/mol. The zero-order valence-corrected chi connectivity index (χ0v) is 56.5. The van der Waals surface area contributed by atoms with Crippen LogP contribution in [0.4, 0.5) is 0 Å². The first kappa shape index (κ1) is 81.9. The van der Waals surface area contributed by atoms with Gasteiger partial charge >= 0.3 is 5.97 Å². The third-order valence-corrected chi connectivity index (χ3v) is 17.8. The number of aliphatic hydroxyl groups is 5. The average Bonchev–Trinajstić information content (AvgIpc) is 3.68. The zero-order chi connectivity index (χ0) is 62.4. The van der Waals surface area contributed by atoms with E-state index in [4.69, 9.17) is 14.2 Å². The molecule has 8 atom stereocenters. The SMILES string of the molecule is CCCCC/C=C\C/C=C\CCCCCCCCCCCCCCCCC(O)C(=O)NC(COC1OC(CO)C(O)C(O)C1OC(=O)CCCCCCCCCCCCCCCCCCCCCCC)C(O)/C=C/CCCCCCCCCCCC. The molecule has 0 aromatic carbocycles. The lowest BCUT2D eigenvalue weighted by Crippen LogP contribution is -2.61. The van der Waals surface area contributed by atoms with Crippen molar-refractivity contribution in [2.45, 2.75) is 416 Å². The summed E-state index contributed by atoms with van der Waals surface area (Å²) in [5.74, 6) is -1.18. The Morgan fingerprint density at radius 1 is 0.453 bits per heavy atom. The molecule has 506 valence electrons. The molecule has 0 saturated carbocycles. The van der Waals surface area contributed by atoms with Gasteiger partial charge in [-0.25, -0.2) is 0 Å². The third-order valence-electron chi connectivity index (χ3n) is 17.8.